The molecule has 0 atom stereocenters. The molecule has 0 spiro atoms. The van der Waals surface area contributed by atoms with Crippen molar-refractivity contribution in [2.24, 2.45) is 0 Å². The van der Waals surface area contributed by atoms with Gasteiger partial charge in [-0.2, -0.15) is 5.10 Å². The second-order valence-corrected chi connectivity index (χ2v) is 6.21. The molecule has 0 aliphatic heterocycles. The molecule has 114 valence electrons. The highest BCUT2D eigenvalue weighted by molar-refractivity contribution is 7.71. The lowest BCUT2D eigenvalue weighted by Crippen LogP contribution is -2.00. The van der Waals surface area contributed by atoms with Gasteiger partial charge in [-0.3, -0.25) is 9.67 Å². The fraction of sp³-hybridized carbons (Fsp3) is 0.0588. The van der Waals surface area contributed by atoms with Gasteiger partial charge in [-0.05, 0) is 55.0 Å². The minimum Gasteiger partial charge on any atom is -0.352 e. The van der Waals surface area contributed by atoms with Gasteiger partial charge in [0.15, 0.2) is 10.6 Å². The first kappa shape index (κ1) is 14.2. The van der Waals surface area contributed by atoms with Crippen LogP contribution >= 0.6 is 23.8 Å². The molecule has 0 radical (unpaired) electrons. The Bertz CT molecular complexity index is 1070. The molecule has 0 unspecified atom stereocenters. The largest absolute Gasteiger partial charge is 0.352 e. The molecular formula is C17H13ClN4S. The molecule has 0 bridgehead atoms. The van der Waals surface area contributed by atoms with E-state index in [2.05, 4.69) is 28.2 Å². The van der Waals surface area contributed by atoms with Crippen LogP contribution in [0.1, 0.15) is 5.56 Å². The van der Waals surface area contributed by atoms with Crippen molar-refractivity contribution in [1.82, 2.24) is 19.7 Å². The van der Waals surface area contributed by atoms with Gasteiger partial charge in [-0.1, -0.05) is 29.8 Å². The Morgan fingerprint density at radius 1 is 1.13 bits per heavy atom. The highest BCUT2D eigenvalue weighted by Crippen LogP contribution is 2.27. The van der Waals surface area contributed by atoms with Crippen molar-refractivity contribution in [2.75, 3.05) is 0 Å². The minimum atomic E-state index is 0.561. The Labute approximate surface area is 142 Å². The molecule has 4 aromatic rings. The first-order valence-electron chi connectivity index (χ1n) is 7.15. The summed E-state index contributed by atoms with van der Waals surface area (Å²) in [4.78, 5) is 3.37. The van der Waals surface area contributed by atoms with Crippen LogP contribution in [0.4, 0.5) is 0 Å². The third-order valence-electron chi connectivity index (χ3n) is 3.85. The van der Waals surface area contributed by atoms with Gasteiger partial charge in [0.25, 0.3) is 0 Å². The molecule has 2 aromatic heterocycles. The summed E-state index contributed by atoms with van der Waals surface area (Å²) in [6, 6.07) is 15.9. The summed E-state index contributed by atoms with van der Waals surface area (Å²) in [6.45, 7) is 2.05. The molecule has 6 heteroatoms. The molecule has 0 aliphatic carbocycles. The molecule has 2 N–H and O–H groups in total. The van der Waals surface area contributed by atoms with E-state index in [1.807, 2.05) is 47.0 Å². The molecular weight excluding hydrogens is 328 g/mol. The molecule has 0 aliphatic rings. The predicted octanol–water partition coefficient (Wildman–Crippen LogP) is 5.04. The van der Waals surface area contributed by atoms with E-state index >= 15 is 0 Å². The lowest BCUT2D eigenvalue weighted by Gasteiger charge is -2.08. The molecule has 0 amide bonds. The van der Waals surface area contributed by atoms with E-state index in [0.29, 0.717) is 9.79 Å². The van der Waals surface area contributed by atoms with Crippen LogP contribution in [-0.4, -0.2) is 19.7 Å². The SMILES string of the molecule is Cc1ccccc1-n1c(-c2cc3cc(Cl)ccc3[nH]2)n[nH]c1=S. The number of hydrogen-bond donors (Lipinski definition) is 2. The molecule has 4 rings (SSSR count). The van der Waals surface area contributed by atoms with Crippen molar-refractivity contribution in [1.29, 1.82) is 0 Å². The van der Waals surface area contributed by atoms with Crippen molar-refractivity contribution in [2.45, 2.75) is 6.92 Å². The number of nitrogens with zero attached hydrogens (tertiary/aromatic N) is 2. The number of aryl methyl sites for hydroxylation is 1. The Morgan fingerprint density at radius 3 is 2.78 bits per heavy atom. The van der Waals surface area contributed by atoms with Crippen LogP contribution < -0.4 is 0 Å². The Kier molecular flexibility index (Phi) is 3.32. The standard InChI is InChI=1S/C17H13ClN4S/c1-10-4-2-3-5-15(10)22-16(20-21-17(22)23)14-9-11-8-12(18)6-7-13(11)19-14/h2-9,19H,1H3,(H,21,23). The zero-order valence-corrected chi connectivity index (χ0v) is 13.9. The number of benzene rings is 2. The second kappa shape index (κ2) is 5.37. The predicted molar refractivity (Wildman–Crippen MR) is 95.8 cm³/mol. The summed E-state index contributed by atoms with van der Waals surface area (Å²) in [5.41, 5.74) is 4.04. The van der Waals surface area contributed by atoms with Gasteiger partial charge >= 0.3 is 0 Å². The maximum absolute atomic E-state index is 6.07. The zero-order chi connectivity index (χ0) is 16.0. The quantitative estimate of drug-likeness (QED) is 0.502. The third kappa shape index (κ3) is 2.38. The first-order valence-corrected chi connectivity index (χ1v) is 7.94. The summed E-state index contributed by atoms with van der Waals surface area (Å²) in [5, 5.41) is 9.04. The van der Waals surface area contributed by atoms with Crippen LogP contribution in [0.3, 0.4) is 0 Å². The molecule has 23 heavy (non-hydrogen) atoms. The number of rotatable bonds is 2. The maximum Gasteiger partial charge on any atom is 0.200 e. The van der Waals surface area contributed by atoms with Gasteiger partial charge in [0.05, 0.1) is 11.4 Å². The summed E-state index contributed by atoms with van der Waals surface area (Å²) < 4.78 is 2.50. The van der Waals surface area contributed by atoms with Crippen molar-refractivity contribution >= 4 is 34.7 Å². The topological polar surface area (TPSA) is 49.4 Å². The fourth-order valence-electron chi connectivity index (χ4n) is 2.74. The molecule has 0 fully saturated rings. The molecule has 0 saturated heterocycles. The number of hydrogen-bond acceptors (Lipinski definition) is 2. The number of halogens is 1. The summed E-state index contributed by atoms with van der Waals surface area (Å²) in [5.74, 6) is 0.747. The van der Waals surface area contributed by atoms with Crippen molar-refractivity contribution in [3.8, 4) is 17.2 Å². The maximum atomic E-state index is 6.07. The average Bonchev–Trinajstić information content (AvgIpc) is 3.11. The van der Waals surface area contributed by atoms with Crippen LogP contribution in [0, 0.1) is 11.7 Å². The molecule has 2 heterocycles. The number of nitrogens with one attached hydrogen (secondary N) is 2. The third-order valence-corrected chi connectivity index (χ3v) is 4.36. The molecule has 2 aromatic carbocycles. The van der Waals surface area contributed by atoms with Crippen LogP contribution in [0.15, 0.2) is 48.5 Å². The normalized spacial score (nSPS) is 11.2. The first-order chi connectivity index (χ1) is 11.1. The number of para-hydroxylation sites is 1. The van der Waals surface area contributed by atoms with Gasteiger partial charge in [0.1, 0.15) is 0 Å². The van der Waals surface area contributed by atoms with Crippen molar-refractivity contribution in [3.05, 3.63) is 63.9 Å². The van der Waals surface area contributed by atoms with Gasteiger partial charge in [0, 0.05) is 15.9 Å². The van der Waals surface area contributed by atoms with E-state index in [1.54, 1.807) is 0 Å². The molecule has 0 saturated carbocycles. The van der Waals surface area contributed by atoms with Crippen molar-refractivity contribution in [3.63, 3.8) is 0 Å². The van der Waals surface area contributed by atoms with E-state index in [1.165, 1.54) is 0 Å². The van der Waals surface area contributed by atoms with Crippen LogP contribution in [-0.2, 0) is 0 Å². The number of fused-ring (bicyclic) bond motifs is 1. The van der Waals surface area contributed by atoms with E-state index < -0.39 is 0 Å². The van der Waals surface area contributed by atoms with Crippen molar-refractivity contribution < 1.29 is 0 Å². The van der Waals surface area contributed by atoms with Gasteiger partial charge < -0.3 is 4.98 Å². The Morgan fingerprint density at radius 2 is 1.96 bits per heavy atom. The Balaban J connectivity index is 1.96. The Hall–Kier alpha value is -2.37. The van der Waals surface area contributed by atoms with Gasteiger partial charge in [-0.25, -0.2) is 0 Å². The van der Waals surface area contributed by atoms with E-state index in [0.717, 1.165) is 33.7 Å². The lowest BCUT2D eigenvalue weighted by molar-refractivity contribution is 1.02. The number of H-pyrrole nitrogens is 2. The molecule has 4 nitrogen and oxygen atoms in total. The summed E-state index contributed by atoms with van der Waals surface area (Å²) >= 11 is 11.5. The van der Waals surface area contributed by atoms with Crippen LogP contribution in [0.5, 0.6) is 0 Å². The second-order valence-electron chi connectivity index (χ2n) is 5.39. The van der Waals surface area contributed by atoms with Crippen LogP contribution in [0.2, 0.25) is 5.02 Å². The zero-order valence-electron chi connectivity index (χ0n) is 12.3. The average molecular weight is 341 g/mol. The lowest BCUT2D eigenvalue weighted by atomic mass is 10.2. The summed E-state index contributed by atoms with van der Waals surface area (Å²) in [7, 11) is 0. The smallest absolute Gasteiger partial charge is 0.200 e. The van der Waals surface area contributed by atoms with E-state index in [-0.39, 0.29) is 0 Å². The highest BCUT2D eigenvalue weighted by atomic mass is 35.5. The van der Waals surface area contributed by atoms with Crippen LogP contribution in [0.25, 0.3) is 28.1 Å². The monoisotopic (exact) mass is 340 g/mol. The number of aromatic nitrogens is 4. The van der Waals surface area contributed by atoms with E-state index in [9.17, 15) is 0 Å². The van der Waals surface area contributed by atoms with E-state index in [4.69, 9.17) is 23.8 Å². The van der Waals surface area contributed by atoms with Gasteiger partial charge in [0.2, 0.25) is 0 Å². The number of aromatic amines is 2. The fourth-order valence-corrected chi connectivity index (χ4v) is 3.15. The minimum absolute atomic E-state index is 0.561. The summed E-state index contributed by atoms with van der Waals surface area (Å²) in [6.07, 6.45) is 0. The van der Waals surface area contributed by atoms with Gasteiger partial charge in [-0.15, -0.1) is 0 Å². The highest BCUT2D eigenvalue weighted by Gasteiger charge is 2.14.